The molecule has 4 rings (SSSR count). The Morgan fingerprint density at radius 3 is 2.38 bits per heavy atom. The van der Waals surface area contributed by atoms with Crippen molar-refractivity contribution in [2.75, 3.05) is 0 Å². The lowest BCUT2D eigenvalue weighted by Gasteiger charge is -2.36. The fourth-order valence-corrected chi connectivity index (χ4v) is 5.14. The van der Waals surface area contributed by atoms with E-state index < -0.39 is 35.6 Å². The molecule has 0 N–H and O–H groups in total. The van der Waals surface area contributed by atoms with Crippen LogP contribution in [-0.2, 0) is 9.59 Å². The number of amides is 3. The Hall–Kier alpha value is -2.96. The minimum atomic E-state index is -1.08. The molecule has 1 fully saturated rings. The number of rotatable bonds is 6. The number of ketones is 1. The van der Waals surface area contributed by atoms with Crippen molar-refractivity contribution in [1.29, 1.82) is 0 Å². The largest absolute Gasteiger partial charge is 0.292 e. The lowest BCUT2D eigenvalue weighted by Crippen LogP contribution is -2.57. The molecule has 2 aliphatic rings. The zero-order chi connectivity index (χ0) is 24.6. The molecule has 0 radical (unpaired) electrons. The number of nitrogens with zero attached hydrogens (tertiary/aromatic N) is 2. The molecule has 0 aromatic heterocycles. The average molecular weight is 499 g/mol. The summed E-state index contributed by atoms with van der Waals surface area (Å²) in [5.74, 6) is -3.14. The summed E-state index contributed by atoms with van der Waals surface area (Å²) in [7, 11) is 0. The smallest absolute Gasteiger partial charge is 0.275 e. The van der Waals surface area contributed by atoms with Crippen LogP contribution in [0.4, 0.5) is 0 Å². The van der Waals surface area contributed by atoms with Crippen LogP contribution in [0, 0.1) is 11.8 Å². The van der Waals surface area contributed by atoms with Crippen molar-refractivity contribution < 1.29 is 19.2 Å². The summed E-state index contributed by atoms with van der Waals surface area (Å²) >= 11 is 12.3. The van der Waals surface area contributed by atoms with Crippen LogP contribution in [0.2, 0.25) is 10.0 Å². The molecule has 1 saturated heterocycles. The Kier molecular flexibility index (Phi) is 6.91. The number of halogens is 2. The van der Waals surface area contributed by atoms with Gasteiger partial charge in [-0.1, -0.05) is 72.1 Å². The summed E-state index contributed by atoms with van der Waals surface area (Å²) in [6, 6.07) is 11.8. The molecule has 0 bridgehead atoms. The number of benzene rings is 2. The molecule has 1 aliphatic carbocycles. The number of hydrazine groups is 1. The summed E-state index contributed by atoms with van der Waals surface area (Å²) in [4.78, 5) is 54.3. The zero-order valence-corrected chi connectivity index (χ0v) is 20.3. The van der Waals surface area contributed by atoms with E-state index in [0.29, 0.717) is 23.4 Å². The van der Waals surface area contributed by atoms with Gasteiger partial charge in [0, 0.05) is 10.6 Å². The van der Waals surface area contributed by atoms with Crippen LogP contribution in [-0.4, -0.2) is 39.6 Å². The van der Waals surface area contributed by atoms with E-state index in [1.165, 1.54) is 18.2 Å². The second-order valence-corrected chi connectivity index (χ2v) is 9.46. The van der Waals surface area contributed by atoms with Gasteiger partial charge in [-0.15, -0.1) is 0 Å². The summed E-state index contributed by atoms with van der Waals surface area (Å²) in [6.45, 7) is 3.65. The zero-order valence-electron chi connectivity index (χ0n) is 18.8. The Morgan fingerprint density at radius 2 is 1.74 bits per heavy atom. The third kappa shape index (κ3) is 4.28. The van der Waals surface area contributed by atoms with Gasteiger partial charge in [0.15, 0.2) is 5.78 Å². The normalized spacial score (nSPS) is 20.6. The standard InChI is InChI=1S/C26H24Cl2N2O4/c1-3-22(23(31)16-7-5-4-6-8-16)29(25(33)19-12-10-17(27)14-21(19)28)30-24(32)18-11-9-15(2)13-20(18)26(30)34/h4-10,12,14,18,20,22H,3,11,13H2,1-2H3/t18-,20-,22+/m0/s1. The maximum absolute atomic E-state index is 13.8. The van der Waals surface area contributed by atoms with Crippen LogP contribution >= 0.6 is 23.2 Å². The first kappa shape index (κ1) is 24.2. The van der Waals surface area contributed by atoms with Crippen molar-refractivity contribution >= 4 is 46.7 Å². The van der Waals surface area contributed by atoms with Crippen LogP contribution in [0.5, 0.6) is 0 Å². The number of fused-ring (bicyclic) bond motifs is 1. The SMILES string of the molecule is CC[C@H](C(=O)c1ccccc1)N(C(=O)c1ccc(Cl)cc1Cl)N1C(=O)[C@H]2CC=C(C)C[C@@H]2C1=O. The van der Waals surface area contributed by atoms with Gasteiger partial charge in [0.2, 0.25) is 0 Å². The van der Waals surface area contributed by atoms with Crippen molar-refractivity contribution in [2.45, 2.75) is 39.2 Å². The Balaban J connectivity index is 1.81. The Labute approximate surface area is 208 Å². The van der Waals surface area contributed by atoms with E-state index in [9.17, 15) is 19.2 Å². The molecule has 2 aromatic rings. The first-order valence-electron chi connectivity index (χ1n) is 11.2. The second-order valence-electron chi connectivity index (χ2n) is 8.62. The van der Waals surface area contributed by atoms with E-state index in [-0.39, 0.29) is 22.8 Å². The molecular formula is C26H24Cl2N2O4. The summed E-state index contributed by atoms with van der Waals surface area (Å²) in [5, 5.41) is 2.31. The highest BCUT2D eigenvalue weighted by molar-refractivity contribution is 6.36. The van der Waals surface area contributed by atoms with Gasteiger partial charge in [0.25, 0.3) is 17.7 Å². The molecule has 0 unspecified atom stereocenters. The van der Waals surface area contributed by atoms with Crippen molar-refractivity contribution in [1.82, 2.24) is 10.0 Å². The van der Waals surface area contributed by atoms with Gasteiger partial charge < -0.3 is 0 Å². The molecule has 34 heavy (non-hydrogen) atoms. The minimum Gasteiger partial charge on any atom is -0.292 e. The first-order valence-corrected chi connectivity index (χ1v) is 11.9. The monoisotopic (exact) mass is 498 g/mol. The van der Waals surface area contributed by atoms with Crippen LogP contribution in [0.3, 0.4) is 0 Å². The molecule has 0 saturated carbocycles. The van der Waals surface area contributed by atoms with Crippen molar-refractivity contribution in [3.8, 4) is 0 Å². The van der Waals surface area contributed by atoms with Gasteiger partial charge in [-0.05, 0) is 44.4 Å². The number of carbonyl (C=O) groups is 4. The molecule has 2 aromatic carbocycles. The predicted octanol–water partition coefficient (Wildman–Crippen LogP) is 5.35. The van der Waals surface area contributed by atoms with E-state index in [0.717, 1.165) is 15.6 Å². The first-order chi connectivity index (χ1) is 16.2. The van der Waals surface area contributed by atoms with Gasteiger partial charge in [-0.2, -0.15) is 5.01 Å². The summed E-state index contributed by atoms with van der Waals surface area (Å²) in [5.41, 5.74) is 1.45. The number of hydrogen-bond donors (Lipinski definition) is 0. The van der Waals surface area contributed by atoms with Crippen LogP contribution in [0.1, 0.15) is 53.8 Å². The van der Waals surface area contributed by atoms with E-state index >= 15 is 0 Å². The maximum atomic E-state index is 13.8. The third-order valence-corrected chi connectivity index (χ3v) is 6.98. The molecule has 6 nitrogen and oxygen atoms in total. The number of carbonyl (C=O) groups excluding carboxylic acids is 4. The van der Waals surface area contributed by atoms with E-state index in [4.69, 9.17) is 23.2 Å². The highest BCUT2D eigenvalue weighted by atomic mass is 35.5. The van der Waals surface area contributed by atoms with E-state index in [1.807, 2.05) is 13.0 Å². The molecule has 0 spiro atoms. The average Bonchev–Trinajstić information content (AvgIpc) is 3.06. The molecule has 3 amide bonds. The van der Waals surface area contributed by atoms with E-state index in [2.05, 4.69) is 0 Å². The molecule has 1 aliphatic heterocycles. The topological polar surface area (TPSA) is 74.8 Å². The lowest BCUT2D eigenvalue weighted by molar-refractivity contribution is -0.156. The number of hydrogen-bond acceptors (Lipinski definition) is 4. The second kappa shape index (κ2) is 9.72. The fourth-order valence-electron chi connectivity index (χ4n) is 4.65. The molecule has 176 valence electrons. The van der Waals surface area contributed by atoms with Crippen LogP contribution in [0.25, 0.3) is 0 Å². The fraction of sp³-hybridized carbons (Fsp3) is 0.308. The summed E-state index contributed by atoms with van der Waals surface area (Å²) < 4.78 is 0. The van der Waals surface area contributed by atoms with Crippen molar-refractivity contribution in [2.24, 2.45) is 11.8 Å². The molecule has 8 heteroatoms. The molecular weight excluding hydrogens is 475 g/mol. The van der Waals surface area contributed by atoms with Crippen molar-refractivity contribution in [3.05, 3.63) is 81.4 Å². The van der Waals surface area contributed by atoms with Gasteiger partial charge in [0.05, 0.1) is 22.4 Å². The van der Waals surface area contributed by atoms with Gasteiger partial charge in [-0.3, -0.25) is 19.2 Å². The highest BCUT2D eigenvalue weighted by Crippen LogP contribution is 2.39. The quantitative estimate of drug-likeness (QED) is 0.305. The number of Topliss-reactive ketones (excluding diaryl/α,β-unsaturated/α-hetero) is 1. The van der Waals surface area contributed by atoms with Gasteiger partial charge in [0.1, 0.15) is 6.04 Å². The predicted molar refractivity (Wildman–Crippen MR) is 129 cm³/mol. The van der Waals surface area contributed by atoms with Gasteiger partial charge >= 0.3 is 0 Å². The molecule has 3 atom stereocenters. The lowest BCUT2D eigenvalue weighted by atomic mass is 9.82. The highest BCUT2D eigenvalue weighted by Gasteiger charge is 2.53. The van der Waals surface area contributed by atoms with Gasteiger partial charge in [-0.25, -0.2) is 5.01 Å². The number of imide groups is 1. The maximum Gasteiger partial charge on any atom is 0.275 e. The Morgan fingerprint density at radius 1 is 1.06 bits per heavy atom. The summed E-state index contributed by atoms with van der Waals surface area (Å²) in [6.07, 6.45) is 3.00. The Bertz CT molecular complexity index is 1190. The van der Waals surface area contributed by atoms with Crippen LogP contribution < -0.4 is 0 Å². The minimum absolute atomic E-state index is 0.0511. The third-order valence-electron chi connectivity index (χ3n) is 6.43. The number of allylic oxidation sites excluding steroid dienone is 2. The van der Waals surface area contributed by atoms with E-state index in [1.54, 1.807) is 37.3 Å². The molecule has 1 heterocycles. The van der Waals surface area contributed by atoms with Crippen LogP contribution in [0.15, 0.2) is 60.2 Å². The van der Waals surface area contributed by atoms with Crippen molar-refractivity contribution in [3.63, 3.8) is 0 Å².